The highest BCUT2D eigenvalue weighted by Gasteiger charge is 2.40. The molecule has 6 nitrogen and oxygen atoms in total. The standard InChI is InChI=1S/C27H29F2N3O3S/c1-18-23-16-30-32(22-11-9-21(28)10-12-22)25(23)15-19-7-8-20(27(18)19)17-31(13-14-35-2)36(33,34)26-6-4-3-5-24(26)29/h3-6,9-12,15-16,18,20,30H,7-8,13-14,17H2,1-2H3/t18-,20+/m0/s1. The summed E-state index contributed by atoms with van der Waals surface area (Å²) < 4.78 is 61.3. The number of halogens is 2. The zero-order valence-electron chi connectivity index (χ0n) is 20.2. The summed E-state index contributed by atoms with van der Waals surface area (Å²) in [5.74, 6) is -0.963. The highest BCUT2D eigenvalue weighted by Crippen LogP contribution is 2.48. The van der Waals surface area contributed by atoms with Gasteiger partial charge in [0.2, 0.25) is 10.0 Å². The van der Waals surface area contributed by atoms with Gasteiger partial charge in [-0.1, -0.05) is 24.6 Å². The quantitative estimate of drug-likeness (QED) is 0.552. The van der Waals surface area contributed by atoms with Gasteiger partial charge in [0, 0.05) is 37.9 Å². The number of hydrogen-bond donors (Lipinski definition) is 1. The number of nitrogens with one attached hydrogen (secondary N) is 1. The zero-order chi connectivity index (χ0) is 25.4. The van der Waals surface area contributed by atoms with Gasteiger partial charge in [-0.3, -0.25) is 5.01 Å². The number of nitrogens with zero attached hydrogens (tertiary/aromatic N) is 2. The predicted octanol–water partition coefficient (Wildman–Crippen LogP) is 4.75. The lowest BCUT2D eigenvalue weighted by atomic mass is 9.80. The van der Waals surface area contributed by atoms with Crippen LogP contribution in [0.25, 0.3) is 0 Å². The van der Waals surface area contributed by atoms with E-state index in [1.807, 2.05) is 11.2 Å². The van der Waals surface area contributed by atoms with Crippen molar-refractivity contribution in [2.75, 3.05) is 31.8 Å². The second-order valence-electron chi connectivity index (χ2n) is 9.29. The first kappa shape index (κ1) is 24.7. The van der Waals surface area contributed by atoms with Crippen LogP contribution in [0.1, 0.15) is 19.8 Å². The molecule has 190 valence electrons. The molecule has 0 unspecified atom stereocenters. The van der Waals surface area contributed by atoms with E-state index in [0.29, 0.717) is 0 Å². The number of fused-ring (bicyclic) bond motifs is 1. The molecular formula is C27H29F2N3O3S. The fraction of sp³-hybridized carbons (Fsp3) is 0.333. The smallest absolute Gasteiger partial charge is 0.246 e. The maximum Gasteiger partial charge on any atom is 0.246 e. The third-order valence-electron chi connectivity index (χ3n) is 7.21. The van der Waals surface area contributed by atoms with Gasteiger partial charge in [0.25, 0.3) is 0 Å². The largest absolute Gasteiger partial charge is 0.383 e. The van der Waals surface area contributed by atoms with E-state index in [1.165, 1.54) is 59.0 Å². The van der Waals surface area contributed by atoms with Crippen LogP contribution in [0.4, 0.5) is 14.5 Å². The summed E-state index contributed by atoms with van der Waals surface area (Å²) in [5, 5.41) is 1.94. The van der Waals surface area contributed by atoms with Crippen molar-refractivity contribution >= 4 is 15.7 Å². The Hall–Kier alpha value is -3.01. The third kappa shape index (κ3) is 4.36. The van der Waals surface area contributed by atoms with Gasteiger partial charge in [0.1, 0.15) is 16.5 Å². The van der Waals surface area contributed by atoms with Crippen LogP contribution in [-0.2, 0) is 14.8 Å². The van der Waals surface area contributed by atoms with Crippen molar-refractivity contribution in [2.45, 2.75) is 24.7 Å². The van der Waals surface area contributed by atoms with Gasteiger partial charge in [0.15, 0.2) is 0 Å². The van der Waals surface area contributed by atoms with Crippen LogP contribution in [-0.4, -0.2) is 39.5 Å². The number of methoxy groups -OCH3 is 1. The molecule has 0 saturated carbocycles. The van der Waals surface area contributed by atoms with E-state index < -0.39 is 15.8 Å². The minimum atomic E-state index is -4.04. The first-order valence-corrected chi connectivity index (χ1v) is 13.5. The fourth-order valence-electron chi connectivity index (χ4n) is 5.45. The molecule has 0 aromatic heterocycles. The van der Waals surface area contributed by atoms with Crippen LogP contribution < -0.4 is 10.4 Å². The van der Waals surface area contributed by atoms with Crippen molar-refractivity contribution < 1.29 is 21.9 Å². The Morgan fingerprint density at radius 2 is 1.89 bits per heavy atom. The van der Waals surface area contributed by atoms with E-state index in [0.717, 1.165) is 29.8 Å². The molecule has 36 heavy (non-hydrogen) atoms. The second kappa shape index (κ2) is 9.80. The molecule has 0 spiro atoms. The average Bonchev–Trinajstić information content (AvgIpc) is 3.47. The first-order chi connectivity index (χ1) is 17.3. The first-order valence-electron chi connectivity index (χ1n) is 12.0. The molecule has 9 heteroatoms. The lowest BCUT2D eigenvalue weighted by Crippen LogP contribution is -2.39. The summed E-state index contributed by atoms with van der Waals surface area (Å²) in [4.78, 5) is -0.315. The Bertz CT molecular complexity index is 1350. The minimum Gasteiger partial charge on any atom is -0.383 e. The molecule has 2 aliphatic carbocycles. The lowest BCUT2D eigenvalue weighted by Gasteiger charge is -2.32. The van der Waals surface area contributed by atoms with Gasteiger partial charge < -0.3 is 10.2 Å². The normalized spacial score (nSPS) is 21.3. The van der Waals surface area contributed by atoms with Crippen LogP contribution >= 0.6 is 0 Å². The molecule has 1 N–H and O–H groups in total. The number of anilines is 1. The molecule has 1 heterocycles. The second-order valence-corrected chi connectivity index (χ2v) is 11.2. The van der Waals surface area contributed by atoms with Crippen LogP contribution in [0.5, 0.6) is 0 Å². The number of ether oxygens (including phenoxy) is 1. The van der Waals surface area contributed by atoms with Gasteiger partial charge in [-0.25, -0.2) is 17.2 Å². The Kier molecular flexibility index (Phi) is 6.72. The number of benzene rings is 2. The van der Waals surface area contributed by atoms with Crippen molar-refractivity contribution in [3.05, 3.63) is 94.9 Å². The summed E-state index contributed by atoms with van der Waals surface area (Å²) in [7, 11) is -2.52. The van der Waals surface area contributed by atoms with Crippen molar-refractivity contribution in [1.82, 2.24) is 9.73 Å². The molecule has 2 aromatic rings. The minimum absolute atomic E-state index is 0.00646. The maximum atomic E-state index is 14.5. The molecule has 0 radical (unpaired) electrons. The predicted molar refractivity (Wildman–Crippen MR) is 134 cm³/mol. The van der Waals surface area contributed by atoms with Crippen molar-refractivity contribution in [3.8, 4) is 0 Å². The van der Waals surface area contributed by atoms with Crippen LogP contribution in [0.2, 0.25) is 0 Å². The maximum absolute atomic E-state index is 14.5. The third-order valence-corrected chi connectivity index (χ3v) is 9.11. The zero-order valence-corrected chi connectivity index (χ0v) is 21.1. The number of hydrogen-bond acceptors (Lipinski definition) is 5. The molecular weight excluding hydrogens is 484 g/mol. The summed E-state index contributed by atoms with van der Waals surface area (Å²) in [6.45, 7) is 2.75. The molecule has 0 fully saturated rings. The highest BCUT2D eigenvalue weighted by molar-refractivity contribution is 7.89. The lowest BCUT2D eigenvalue weighted by molar-refractivity contribution is 0.174. The number of rotatable bonds is 8. The molecule has 5 rings (SSSR count). The van der Waals surface area contributed by atoms with Crippen LogP contribution in [0.15, 0.2) is 88.1 Å². The van der Waals surface area contributed by atoms with E-state index in [4.69, 9.17) is 4.74 Å². The summed E-state index contributed by atoms with van der Waals surface area (Å²) in [6.07, 6.45) is 5.75. The molecule has 0 bridgehead atoms. The summed E-state index contributed by atoms with van der Waals surface area (Å²) in [6, 6.07) is 11.8. The van der Waals surface area contributed by atoms with Gasteiger partial charge >= 0.3 is 0 Å². The monoisotopic (exact) mass is 513 g/mol. The molecule has 0 saturated heterocycles. The SMILES string of the molecule is COCCN(C[C@H]1CCC2=C1[C@@H](C)C1=CNN(c3ccc(F)cc3)C1=C2)S(=O)(=O)c1ccccc1F. The Morgan fingerprint density at radius 3 is 2.61 bits per heavy atom. The van der Waals surface area contributed by atoms with Crippen molar-refractivity contribution in [3.63, 3.8) is 0 Å². The Morgan fingerprint density at radius 1 is 1.14 bits per heavy atom. The Balaban J connectivity index is 1.44. The van der Waals surface area contributed by atoms with Gasteiger partial charge in [-0.2, -0.15) is 4.31 Å². The van der Waals surface area contributed by atoms with E-state index in [9.17, 15) is 17.2 Å². The number of allylic oxidation sites excluding steroid dienone is 3. The summed E-state index contributed by atoms with van der Waals surface area (Å²) >= 11 is 0. The molecule has 0 amide bonds. The fourth-order valence-corrected chi connectivity index (χ4v) is 6.98. The van der Waals surface area contributed by atoms with E-state index in [-0.39, 0.29) is 42.2 Å². The van der Waals surface area contributed by atoms with Crippen molar-refractivity contribution in [2.24, 2.45) is 11.8 Å². The van der Waals surface area contributed by atoms with E-state index >= 15 is 0 Å². The van der Waals surface area contributed by atoms with Crippen molar-refractivity contribution in [1.29, 1.82) is 0 Å². The van der Waals surface area contributed by atoms with Gasteiger partial charge in [0.05, 0.1) is 18.0 Å². The summed E-state index contributed by atoms with van der Waals surface area (Å²) in [5.41, 5.74) is 8.65. The molecule has 2 aromatic carbocycles. The number of sulfonamides is 1. The van der Waals surface area contributed by atoms with E-state index in [2.05, 4.69) is 18.4 Å². The van der Waals surface area contributed by atoms with E-state index in [1.54, 1.807) is 12.1 Å². The van der Waals surface area contributed by atoms with Crippen LogP contribution in [0, 0.1) is 23.5 Å². The van der Waals surface area contributed by atoms with Crippen LogP contribution in [0.3, 0.4) is 0 Å². The topological polar surface area (TPSA) is 61.9 Å². The van der Waals surface area contributed by atoms with Gasteiger partial charge in [-0.05, 0) is 66.8 Å². The molecule has 3 aliphatic rings. The highest BCUT2D eigenvalue weighted by atomic mass is 32.2. The molecule has 2 atom stereocenters. The Labute approximate surface area is 210 Å². The number of hydrazine groups is 1. The van der Waals surface area contributed by atoms with Gasteiger partial charge in [-0.15, -0.1) is 0 Å². The molecule has 1 aliphatic heterocycles. The average molecular weight is 514 g/mol.